The van der Waals surface area contributed by atoms with E-state index in [2.05, 4.69) is 20.9 Å². The Labute approximate surface area is 134 Å². The molecular formula is C15H22N4O2S. The fourth-order valence-corrected chi connectivity index (χ4v) is 3.06. The lowest BCUT2D eigenvalue weighted by atomic mass is 10.1. The Hall–Kier alpha value is -1.76. The van der Waals surface area contributed by atoms with Crippen molar-refractivity contribution in [2.45, 2.75) is 31.6 Å². The molecule has 0 spiro atoms. The molecular weight excluding hydrogens is 300 g/mol. The number of hydrogen-bond donors (Lipinski definition) is 3. The first-order valence-electron chi connectivity index (χ1n) is 7.27. The Morgan fingerprint density at radius 3 is 2.95 bits per heavy atom. The van der Waals surface area contributed by atoms with Gasteiger partial charge in [-0.25, -0.2) is 0 Å². The molecule has 7 heteroatoms. The minimum Gasteiger partial charge on any atom is -0.383 e. The predicted octanol–water partition coefficient (Wildman–Crippen LogP) is 0.928. The average Bonchev–Trinajstić information content (AvgIpc) is 2.48. The van der Waals surface area contributed by atoms with Crippen LogP contribution in [0.5, 0.6) is 0 Å². The number of carbonyl (C=O) groups is 2. The second kappa shape index (κ2) is 7.00. The second-order valence-corrected chi connectivity index (χ2v) is 7.40. The smallest absolute Gasteiger partial charge is 0.243 e. The fourth-order valence-electron chi connectivity index (χ4n) is 2.05. The normalized spacial score (nSPS) is 20.1. The van der Waals surface area contributed by atoms with E-state index in [1.54, 1.807) is 12.4 Å². The molecule has 2 heterocycles. The van der Waals surface area contributed by atoms with Crippen LogP contribution in [0.25, 0.3) is 0 Å². The average molecular weight is 322 g/mol. The number of aromatic nitrogens is 1. The molecule has 1 atom stereocenters. The first-order valence-corrected chi connectivity index (χ1v) is 8.26. The number of amides is 2. The first kappa shape index (κ1) is 16.6. The van der Waals surface area contributed by atoms with Crippen LogP contribution < -0.4 is 16.0 Å². The van der Waals surface area contributed by atoms with Crippen LogP contribution in [0, 0.1) is 6.92 Å². The van der Waals surface area contributed by atoms with Crippen LogP contribution in [-0.4, -0.2) is 46.4 Å². The number of nitrogens with one attached hydrogen (secondary N) is 3. The summed E-state index contributed by atoms with van der Waals surface area (Å²) in [4.78, 5) is 27.9. The monoisotopic (exact) mass is 322 g/mol. The van der Waals surface area contributed by atoms with Gasteiger partial charge in [-0.15, -0.1) is 11.8 Å². The lowest BCUT2D eigenvalue weighted by Crippen LogP contribution is -2.57. The maximum absolute atomic E-state index is 12.1. The van der Waals surface area contributed by atoms with E-state index < -0.39 is 10.8 Å². The maximum atomic E-state index is 12.1. The summed E-state index contributed by atoms with van der Waals surface area (Å²) in [6, 6.07) is 1.45. The van der Waals surface area contributed by atoms with Crippen molar-refractivity contribution < 1.29 is 9.59 Å². The molecule has 2 rings (SSSR count). The van der Waals surface area contributed by atoms with E-state index in [-0.39, 0.29) is 11.8 Å². The van der Waals surface area contributed by atoms with Gasteiger partial charge in [0.25, 0.3) is 0 Å². The molecule has 1 unspecified atom stereocenters. The van der Waals surface area contributed by atoms with Crippen molar-refractivity contribution >= 4 is 29.3 Å². The minimum atomic E-state index is -0.461. The number of carbonyl (C=O) groups excluding carboxylic acids is 2. The molecule has 0 bridgehead atoms. The third kappa shape index (κ3) is 4.13. The van der Waals surface area contributed by atoms with Crippen molar-refractivity contribution in [1.29, 1.82) is 0 Å². The molecule has 0 radical (unpaired) electrons. The number of hydrogen-bond acceptors (Lipinski definition) is 5. The van der Waals surface area contributed by atoms with Crippen molar-refractivity contribution in [3.8, 4) is 0 Å². The summed E-state index contributed by atoms with van der Waals surface area (Å²) in [5, 5.41) is 8.86. The molecule has 1 saturated heterocycles. The molecule has 2 amide bonds. The number of rotatable bonds is 5. The van der Waals surface area contributed by atoms with Crippen molar-refractivity contribution in [3.63, 3.8) is 0 Å². The highest BCUT2D eigenvalue weighted by atomic mass is 32.2. The number of anilines is 1. The molecule has 3 N–H and O–H groups in total. The van der Waals surface area contributed by atoms with Crippen LogP contribution in [0.3, 0.4) is 0 Å². The third-order valence-corrected chi connectivity index (χ3v) is 4.95. The molecule has 1 aliphatic heterocycles. The molecule has 1 fully saturated rings. The molecule has 1 aliphatic rings. The van der Waals surface area contributed by atoms with E-state index in [0.29, 0.717) is 18.8 Å². The maximum Gasteiger partial charge on any atom is 0.243 e. The Morgan fingerprint density at radius 2 is 2.27 bits per heavy atom. The van der Waals surface area contributed by atoms with E-state index in [0.717, 1.165) is 11.3 Å². The van der Waals surface area contributed by atoms with Gasteiger partial charge in [0.05, 0.1) is 4.75 Å². The standard InChI is InChI=1S/C15H22N4O2S/c1-10-8-16-5-4-11(10)17-6-7-18-13(20)12-9-22-15(2,3)14(21)19-12/h4-5,8,12H,6-7,9H2,1-3H3,(H,16,17)(H,18,20)(H,19,21). The van der Waals surface area contributed by atoms with Crippen molar-refractivity contribution in [2.24, 2.45) is 0 Å². The van der Waals surface area contributed by atoms with Gasteiger partial charge in [-0.3, -0.25) is 14.6 Å². The third-order valence-electron chi connectivity index (χ3n) is 3.54. The first-order chi connectivity index (χ1) is 10.4. The van der Waals surface area contributed by atoms with Gasteiger partial charge in [-0.2, -0.15) is 0 Å². The summed E-state index contributed by atoms with van der Waals surface area (Å²) in [7, 11) is 0. The number of thioether (sulfide) groups is 1. The molecule has 1 aromatic heterocycles. The minimum absolute atomic E-state index is 0.0885. The lowest BCUT2D eigenvalue weighted by molar-refractivity contribution is -0.129. The van der Waals surface area contributed by atoms with Crippen LogP contribution in [0.1, 0.15) is 19.4 Å². The van der Waals surface area contributed by atoms with Crippen LogP contribution >= 0.6 is 11.8 Å². The Morgan fingerprint density at radius 1 is 1.50 bits per heavy atom. The SMILES string of the molecule is Cc1cnccc1NCCNC(=O)C1CSC(C)(C)C(=O)N1. The summed E-state index contributed by atoms with van der Waals surface area (Å²) in [6.45, 7) is 6.82. The summed E-state index contributed by atoms with van der Waals surface area (Å²) in [5.41, 5.74) is 2.07. The van der Waals surface area contributed by atoms with Gasteiger partial charge in [0.2, 0.25) is 11.8 Å². The largest absolute Gasteiger partial charge is 0.383 e. The number of aryl methyl sites for hydroxylation is 1. The van der Waals surface area contributed by atoms with Crippen LogP contribution in [0.15, 0.2) is 18.5 Å². The molecule has 0 saturated carbocycles. The molecule has 0 aromatic carbocycles. The fraction of sp³-hybridized carbons (Fsp3) is 0.533. The van der Waals surface area contributed by atoms with E-state index >= 15 is 0 Å². The molecule has 120 valence electrons. The van der Waals surface area contributed by atoms with E-state index in [9.17, 15) is 9.59 Å². The predicted molar refractivity (Wildman–Crippen MR) is 88.9 cm³/mol. The van der Waals surface area contributed by atoms with E-state index in [1.165, 1.54) is 11.8 Å². The lowest BCUT2D eigenvalue weighted by Gasteiger charge is -2.32. The molecule has 6 nitrogen and oxygen atoms in total. The summed E-state index contributed by atoms with van der Waals surface area (Å²) in [6.07, 6.45) is 3.52. The van der Waals surface area contributed by atoms with Gasteiger partial charge < -0.3 is 16.0 Å². The number of pyridine rings is 1. The summed E-state index contributed by atoms with van der Waals surface area (Å²) >= 11 is 1.51. The van der Waals surface area contributed by atoms with E-state index in [4.69, 9.17) is 0 Å². The van der Waals surface area contributed by atoms with Gasteiger partial charge >= 0.3 is 0 Å². The summed E-state index contributed by atoms with van der Waals surface area (Å²) < 4.78 is -0.461. The quantitative estimate of drug-likeness (QED) is 0.703. The Kier molecular flexibility index (Phi) is 5.28. The van der Waals surface area contributed by atoms with Gasteiger partial charge in [0, 0.05) is 36.9 Å². The van der Waals surface area contributed by atoms with Gasteiger partial charge in [0.15, 0.2) is 0 Å². The highest BCUT2D eigenvalue weighted by molar-refractivity contribution is 8.01. The topological polar surface area (TPSA) is 83.1 Å². The Balaban J connectivity index is 1.72. The molecule has 1 aromatic rings. The molecule has 0 aliphatic carbocycles. The van der Waals surface area contributed by atoms with Gasteiger partial charge in [-0.05, 0) is 32.4 Å². The van der Waals surface area contributed by atoms with Crippen molar-refractivity contribution in [3.05, 3.63) is 24.0 Å². The zero-order valence-electron chi connectivity index (χ0n) is 13.1. The van der Waals surface area contributed by atoms with Crippen molar-refractivity contribution in [1.82, 2.24) is 15.6 Å². The van der Waals surface area contributed by atoms with Crippen LogP contribution in [0.2, 0.25) is 0 Å². The zero-order chi connectivity index (χ0) is 16.2. The van der Waals surface area contributed by atoms with Crippen molar-refractivity contribution in [2.75, 3.05) is 24.2 Å². The molecule has 22 heavy (non-hydrogen) atoms. The van der Waals surface area contributed by atoms with Crippen LogP contribution in [-0.2, 0) is 9.59 Å². The zero-order valence-corrected chi connectivity index (χ0v) is 13.9. The van der Waals surface area contributed by atoms with Gasteiger partial charge in [-0.1, -0.05) is 0 Å². The summed E-state index contributed by atoms with van der Waals surface area (Å²) in [5.74, 6) is 0.376. The second-order valence-electron chi connectivity index (χ2n) is 5.76. The van der Waals surface area contributed by atoms with Gasteiger partial charge in [0.1, 0.15) is 6.04 Å². The van der Waals surface area contributed by atoms with E-state index in [1.807, 2.05) is 26.8 Å². The van der Waals surface area contributed by atoms with Crippen LogP contribution in [0.4, 0.5) is 5.69 Å². The highest BCUT2D eigenvalue weighted by Crippen LogP contribution is 2.28. The highest BCUT2D eigenvalue weighted by Gasteiger charge is 2.37. The Bertz CT molecular complexity index is 562. The number of nitrogens with zero attached hydrogens (tertiary/aromatic N) is 1.